The van der Waals surface area contributed by atoms with Crippen LogP contribution in [0, 0.1) is 17.0 Å². The van der Waals surface area contributed by atoms with E-state index in [0.29, 0.717) is 5.65 Å². The van der Waals surface area contributed by atoms with E-state index in [1.807, 2.05) is 13.0 Å². The van der Waals surface area contributed by atoms with Crippen molar-refractivity contribution < 1.29 is 4.92 Å². The van der Waals surface area contributed by atoms with Gasteiger partial charge in [-0.25, -0.2) is 4.98 Å². The van der Waals surface area contributed by atoms with Gasteiger partial charge in [-0.05, 0) is 24.0 Å². The second-order valence-electron chi connectivity index (χ2n) is 2.76. The van der Waals surface area contributed by atoms with Crippen molar-refractivity contribution in [2.45, 2.75) is 6.92 Å². The van der Waals surface area contributed by atoms with Gasteiger partial charge in [0.2, 0.25) is 5.65 Å². The fraction of sp³-hybridized carbons (Fsp3) is 0.125. The summed E-state index contributed by atoms with van der Waals surface area (Å²) >= 11 is 0. The summed E-state index contributed by atoms with van der Waals surface area (Å²) in [6.07, 6.45) is 2.90. The van der Waals surface area contributed by atoms with Crippen LogP contribution in [0.1, 0.15) is 5.56 Å². The summed E-state index contributed by atoms with van der Waals surface area (Å²) in [5, 5.41) is 10.5. The van der Waals surface area contributed by atoms with Gasteiger partial charge in [-0.1, -0.05) is 0 Å². The molecule has 0 spiro atoms. The quantitative estimate of drug-likeness (QED) is 0.490. The van der Waals surface area contributed by atoms with Crippen LogP contribution in [0.25, 0.3) is 5.65 Å². The van der Waals surface area contributed by atoms with Gasteiger partial charge < -0.3 is 10.1 Å². The average molecular weight is 177 g/mol. The standard InChI is InChI=1S/C8H7N3O2/c1-6-3-2-4-10-7(11(12)13)5-9-8(6)10/h2-5H,1H3. The van der Waals surface area contributed by atoms with E-state index in [1.54, 1.807) is 12.3 Å². The van der Waals surface area contributed by atoms with Crippen LogP contribution in [0.2, 0.25) is 0 Å². The van der Waals surface area contributed by atoms with Crippen LogP contribution in [0.4, 0.5) is 5.82 Å². The second kappa shape index (κ2) is 2.55. The number of rotatable bonds is 1. The van der Waals surface area contributed by atoms with Gasteiger partial charge in [0.25, 0.3) is 0 Å². The van der Waals surface area contributed by atoms with Crippen molar-refractivity contribution in [3.05, 3.63) is 40.2 Å². The molecule has 0 aliphatic rings. The Bertz CT molecular complexity index is 475. The van der Waals surface area contributed by atoms with Crippen LogP contribution in [0.15, 0.2) is 24.5 Å². The molecule has 0 amide bonds. The zero-order valence-electron chi connectivity index (χ0n) is 6.97. The zero-order chi connectivity index (χ0) is 9.42. The molecule has 13 heavy (non-hydrogen) atoms. The molecule has 5 heteroatoms. The molecule has 0 saturated heterocycles. The molecule has 2 rings (SSSR count). The highest BCUT2D eigenvalue weighted by Crippen LogP contribution is 2.16. The summed E-state index contributed by atoms with van der Waals surface area (Å²) in [5.74, 6) is -0.00120. The summed E-state index contributed by atoms with van der Waals surface area (Å²) in [6.45, 7) is 1.87. The first-order valence-electron chi connectivity index (χ1n) is 3.77. The van der Waals surface area contributed by atoms with E-state index < -0.39 is 4.92 Å². The molecule has 0 aromatic carbocycles. The first-order valence-corrected chi connectivity index (χ1v) is 3.77. The lowest BCUT2D eigenvalue weighted by Crippen LogP contribution is -1.94. The fourth-order valence-corrected chi connectivity index (χ4v) is 1.27. The van der Waals surface area contributed by atoms with Crippen molar-refractivity contribution in [1.29, 1.82) is 0 Å². The SMILES string of the molecule is Cc1cccn2c([N+](=O)[O-])cnc12. The minimum absolute atomic E-state index is 0.00120. The van der Waals surface area contributed by atoms with Crippen molar-refractivity contribution in [2.75, 3.05) is 0 Å². The largest absolute Gasteiger partial charge is 0.358 e. The van der Waals surface area contributed by atoms with Gasteiger partial charge in [0.15, 0.2) is 0 Å². The number of imidazole rings is 1. The summed E-state index contributed by atoms with van der Waals surface area (Å²) < 4.78 is 1.47. The van der Waals surface area contributed by atoms with E-state index in [1.165, 1.54) is 10.6 Å². The van der Waals surface area contributed by atoms with Crippen LogP contribution >= 0.6 is 0 Å². The third-order valence-corrected chi connectivity index (χ3v) is 1.90. The molecule has 0 saturated carbocycles. The Morgan fingerprint density at radius 3 is 3.08 bits per heavy atom. The van der Waals surface area contributed by atoms with Crippen LogP contribution in [-0.4, -0.2) is 14.3 Å². The lowest BCUT2D eigenvalue weighted by molar-refractivity contribution is -0.390. The Kier molecular flexibility index (Phi) is 1.51. The van der Waals surface area contributed by atoms with Gasteiger partial charge >= 0.3 is 5.82 Å². The number of hydrogen-bond donors (Lipinski definition) is 0. The van der Waals surface area contributed by atoms with Crippen molar-refractivity contribution in [1.82, 2.24) is 9.38 Å². The number of aromatic nitrogens is 2. The highest BCUT2D eigenvalue weighted by molar-refractivity contribution is 5.51. The van der Waals surface area contributed by atoms with Crippen molar-refractivity contribution >= 4 is 11.5 Å². The third kappa shape index (κ3) is 1.05. The van der Waals surface area contributed by atoms with Gasteiger partial charge in [-0.3, -0.25) is 0 Å². The summed E-state index contributed by atoms with van der Waals surface area (Å²) in [7, 11) is 0. The molecule has 2 aromatic rings. The number of fused-ring (bicyclic) bond motifs is 1. The van der Waals surface area contributed by atoms with Crippen molar-refractivity contribution in [2.24, 2.45) is 0 Å². The van der Waals surface area contributed by atoms with E-state index >= 15 is 0 Å². The molecule has 0 aliphatic carbocycles. The summed E-state index contributed by atoms with van der Waals surface area (Å²) in [5.41, 5.74) is 1.56. The predicted octanol–water partition coefficient (Wildman–Crippen LogP) is 1.55. The lowest BCUT2D eigenvalue weighted by atomic mass is 10.3. The van der Waals surface area contributed by atoms with Crippen LogP contribution < -0.4 is 0 Å². The first kappa shape index (κ1) is 7.72. The summed E-state index contributed by atoms with van der Waals surface area (Å²) in [6, 6.07) is 3.63. The highest BCUT2D eigenvalue weighted by atomic mass is 16.6. The minimum Gasteiger partial charge on any atom is -0.358 e. The molecule has 0 aliphatic heterocycles. The maximum Gasteiger partial charge on any atom is 0.347 e. The Labute approximate surface area is 73.8 Å². The van der Waals surface area contributed by atoms with Gasteiger partial charge in [-0.15, -0.1) is 0 Å². The number of pyridine rings is 1. The summed E-state index contributed by atoms with van der Waals surface area (Å²) in [4.78, 5) is 14.0. The highest BCUT2D eigenvalue weighted by Gasteiger charge is 2.13. The van der Waals surface area contributed by atoms with E-state index in [4.69, 9.17) is 0 Å². The number of hydrogen-bond acceptors (Lipinski definition) is 3. The molecule has 0 bridgehead atoms. The number of nitro groups is 1. The van der Waals surface area contributed by atoms with E-state index in [0.717, 1.165) is 5.56 Å². The Morgan fingerprint density at radius 1 is 1.62 bits per heavy atom. The molecule has 2 aromatic heterocycles. The molecule has 0 atom stereocenters. The molecule has 0 unspecified atom stereocenters. The van der Waals surface area contributed by atoms with Crippen LogP contribution in [0.5, 0.6) is 0 Å². The minimum atomic E-state index is -0.445. The molecular formula is C8H7N3O2. The first-order chi connectivity index (χ1) is 6.20. The normalized spacial score (nSPS) is 10.5. The average Bonchev–Trinajstić information content (AvgIpc) is 2.48. The maximum absolute atomic E-state index is 10.5. The second-order valence-corrected chi connectivity index (χ2v) is 2.76. The fourth-order valence-electron chi connectivity index (χ4n) is 1.27. The Hall–Kier alpha value is -1.91. The van der Waals surface area contributed by atoms with E-state index in [9.17, 15) is 10.1 Å². The molecular weight excluding hydrogens is 170 g/mol. The number of aryl methyl sites for hydroxylation is 1. The van der Waals surface area contributed by atoms with Gasteiger partial charge in [0, 0.05) is 5.56 Å². The van der Waals surface area contributed by atoms with Crippen LogP contribution in [0.3, 0.4) is 0 Å². The Morgan fingerprint density at radius 2 is 2.38 bits per heavy atom. The molecule has 66 valence electrons. The van der Waals surface area contributed by atoms with E-state index in [-0.39, 0.29) is 5.82 Å². The molecule has 0 radical (unpaired) electrons. The van der Waals surface area contributed by atoms with Crippen LogP contribution in [-0.2, 0) is 0 Å². The maximum atomic E-state index is 10.5. The molecule has 5 nitrogen and oxygen atoms in total. The topological polar surface area (TPSA) is 60.4 Å². The van der Waals surface area contributed by atoms with E-state index in [2.05, 4.69) is 4.98 Å². The molecule has 0 fully saturated rings. The smallest absolute Gasteiger partial charge is 0.347 e. The Balaban J connectivity index is 2.83. The molecule has 0 N–H and O–H groups in total. The predicted molar refractivity (Wildman–Crippen MR) is 46.6 cm³/mol. The van der Waals surface area contributed by atoms with Gasteiger partial charge in [0.05, 0.1) is 6.20 Å². The third-order valence-electron chi connectivity index (χ3n) is 1.90. The number of nitrogens with zero attached hydrogens (tertiary/aromatic N) is 3. The molecule has 2 heterocycles. The monoisotopic (exact) mass is 177 g/mol. The zero-order valence-corrected chi connectivity index (χ0v) is 6.97. The van der Waals surface area contributed by atoms with Gasteiger partial charge in [0.1, 0.15) is 6.20 Å². The van der Waals surface area contributed by atoms with Crippen molar-refractivity contribution in [3.63, 3.8) is 0 Å². The lowest BCUT2D eigenvalue weighted by Gasteiger charge is -1.93. The van der Waals surface area contributed by atoms with Crippen molar-refractivity contribution in [3.8, 4) is 0 Å². The van der Waals surface area contributed by atoms with Gasteiger partial charge in [-0.2, -0.15) is 4.40 Å².